The van der Waals surface area contributed by atoms with E-state index in [9.17, 15) is 18.1 Å². The van der Waals surface area contributed by atoms with Gasteiger partial charge in [-0.1, -0.05) is 12.5 Å². The Labute approximate surface area is 124 Å². The first-order valence-electron chi connectivity index (χ1n) is 6.85. The van der Waals surface area contributed by atoms with Gasteiger partial charge in [-0.25, -0.2) is 12.8 Å². The number of aryl methyl sites for hydroxylation is 1. The van der Waals surface area contributed by atoms with Crippen molar-refractivity contribution in [1.82, 2.24) is 5.32 Å². The second-order valence-electron chi connectivity index (χ2n) is 5.09. The Balaban J connectivity index is 2.57. The fourth-order valence-electron chi connectivity index (χ4n) is 2.34. The lowest BCUT2D eigenvalue weighted by Crippen LogP contribution is -2.18. The van der Waals surface area contributed by atoms with Gasteiger partial charge in [0.2, 0.25) is 9.84 Å². The van der Waals surface area contributed by atoms with Crippen molar-refractivity contribution in [1.29, 1.82) is 5.26 Å². The maximum absolute atomic E-state index is 13.9. The van der Waals surface area contributed by atoms with Crippen molar-refractivity contribution in [3.05, 3.63) is 40.2 Å². The van der Waals surface area contributed by atoms with E-state index in [4.69, 9.17) is 0 Å². The molecule has 1 aliphatic rings. The quantitative estimate of drug-likeness (QED) is 0.853. The van der Waals surface area contributed by atoms with E-state index in [0.29, 0.717) is 24.2 Å². The normalized spacial score (nSPS) is 18.3. The Morgan fingerprint density at radius 3 is 2.81 bits per heavy atom. The topological polar surface area (TPSA) is 70.0 Å². The molecule has 1 heterocycles. The second-order valence-corrected chi connectivity index (χ2v) is 6.95. The van der Waals surface area contributed by atoms with Crippen LogP contribution in [-0.2, 0) is 9.84 Å². The van der Waals surface area contributed by atoms with E-state index in [1.807, 2.05) is 0 Å². The van der Waals surface area contributed by atoms with Gasteiger partial charge in [0.1, 0.15) is 16.8 Å². The van der Waals surface area contributed by atoms with E-state index < -0.39 is 20.5 Å². The van der Waals surface area contributed by atoms with Gasteiger partial charge in [0.15, 0.2) is 4.91 Å². The van der Waals surface area contributed by atoms with Crippen LogP contribution in [0.2, 0.25) is 0 Å². The van der Waals surface area contributed by atoms with Crippen molar-refractivity contribution in [3.8, 4) is 6.07 Å². The highest BCUT2D eigenvalue weighted by Gasteiger charge is 2.28. The van der Waals surface area contributed by atoms with Gasteiger partial charge >= 0.3 is 0 Å². The van der Waals surface area contributed by atoms with Gasteiger partial charge in [-0.3, -0.25) is 0 Å². The molecule has 1 aromatic rings. The van der Waals surface area contributed by atoms with Crippen molar-refractivity contribution >= 4 is 9.84 Å². The van der Waals surface area contributed by atoms with Gasteiger partial charge in [0.05, 0.1) is 0 Å². The highest BCUT2D eigenvalue weighted by molar-refractivity contribution is 7.95. The van der Waals surface area contributed by atoms with E-state index in [0.717, 1.165) is 25.3 Å². The summed E-state index contributed by atoms with van der Waals surface area (Å²) in [5.41, 5.74) is 1.03. The van der Waals surface area contributed by atoms with Gasteiger partial charge < -0.3 is 5.32 Å². The van der Waals surface area contributed by atoms with Crippen molar-refractivity contribution < 1.29 is 12.8 Å². The summed E-state index contributed by atoms with van der Waals surface area (Å²) in [6.45, 7) is 2.31. The predicted octanol–water partition coefficient (Wildman–Crippen LogP) is 2.81. The van der Waals surface area contributed by atoms with Crippen LogP contribution in [0.25, 0.3) is 0 Å². The van der Waals surface area contributed by atoms with Crippen molar-refractivity contribution in [2.75, 3.05) is 6.54 Å². The molecular weight excluding hydrogens is 291 g/mol. The lowest BCUT2D eigenvalue weighted by atomic mass is 10.2. The molecule has 0 unspecified atom stereocenters. The Morgan fingerprint density at radius 2 is 2.10 bits per heavy atom. The van der Waals surface area contributed by atoms with E-state index in [1.165, 1.54) is 12.1 Å². The molecule has 1 saturated heterocycles. The molecule has 0 saturated carbocycles. The number of hydrogen-bond acceptors (Lipinski definition) is 4. The maximum Gasteiger partial charge on any atom is 0.221 e. The second kappa shape index (κ2) is 6.27. The molecular formula is C15H17FN2O2S. The summed E-state index contributed by atoms with van der Waals surface area (Å²) in [5.74, 6) is -0.831. The molecule has 0 aliphatic carbocycles. The van der Waals surface area contributed by atoms with Crippen molar-refractivity contribution in [2.45, 2.75) is 37.5 Å². The first kappa shape index (κ1) is 15.5. The van der Waals surface area contributed by atoms with Gasteiger partial charge in [-0.2, -0.15) is 5.26 Å². The highest BCUT2D eigenvalue weighted by atomic mass is 32.2. The number of benzene rings is 1. The van der Waals surface area contributed by atoms with Crippen LogP contribution in [0, 0.1) is 24.1 Å². The minimum Gasteiger partial charge on any atom is -0.387 e. The molecule has 4 nitrogen and oxygen atoms in total. The smallest absolute Gasteiger partial charge is 0.221 e. The standard InChI is InChI=1S/C15H17FN2O2S/c1-11-6-7-12(16)14(9-11)21(19,20)15(10-17)13-5-3-2-4-8-18-13/h6-7,9,18H,2-5,8H2,1H3. The molecule has 0 atom stereocenters. The van der Waals surface area contributed by atoms with Crippen LogP contribution >= 0.6 is 0 Å². The Bertz CT molecular complexity index is 708. The highest BCUT2D eigenvalue weighted by Crippen LogP contribution is 2.27. The van der Waals surface area contributed by atoms with E-state index >= 15 is 0 Å². The van der Waals surface area contributed by atoms with Crippen LogP contribution in [0.1, 0.15) is 31.2 Å². The summed E-state index contributed by atoms with van der Waals surface area (Å²) in [6.07, 6.45) is 3.23. The number of halogens is 1. The fourth-order valence-corrected chi connectivity index (χ4v) is 3.85. The number of hydrogen-bond donors (Lipinski definition) is 1. The number of nitriles is 1. The number of nitrogens with one attached hydrogen (secondary N) is 1. The average molecular weight is 308 g/mol. The zero-order valence-electron chi connectivity index (χ0n) is 11.8. The first-order valence-corrected chi connectivity index (χ1v) is 8.33. The molecule has 0 amide bonds. The zero-order valence-corrected chi connectivity index (χ0v) is 12.6. The number of rotatable bonds is 2. The van der Waals surface area contributed by atoms with Gasteiger partial charge in [0.25, 0.3) is 0 Å². The Morgan fingerprint density at radius 1 is 1.33 bits per heavy atom. The fraction of sp³-hybridized carbons (Fsp3) is 0.400. The van der Waals surface area contributed by atoms with Crippen LogP contribution in [0.15, 0.2) is 33.7 Å². The van der Waals surface area contributed by atoms with Crippen LogP contribution < -0.4 is 5.32 Å². The minimum atomic E-state index is -4.14. The molecule has 1 aromatic carbocycles. The van der Waals surface area contributed by atoms with Crippen molar-refractivity contribution in [2.24, 2.45) is 0 Å². The van der Waals surface area contributed by atoms with Gasteiger partial charge in [0, 0.05) is 12.2 Å². The van der Waals surface area contributed by atoms with E-state index in [2.05, 4.69) is 5.32 Å². The summed E-state index contributed by atoms with van der Waals surface area (Å²) >= 11 is 0. The third kappa shape index (κ3) is 3.24. The predicted molar refractivity (Wildman–Crippen MR) is 77.4 cm³/mol. The molecule has 2 rings (SSSR count). The summed E-state index contributed by atoms with van der Waals surface area (Å²) in [5, 5.41) is 12.3. The largest absolute Gasteiger partial charge is 0.387 e. The van der Waals surface area contributed by atoms with Gasteiger partial charge in [-0.05, 0) is 43.9 Å². The molecule has 0 aromatic heterocycles. The third-order valence-electron chi connectivity index (χ3n) is 3.46. The Hall–Kier alpha value is -1.87. The molecule has 0 spiro atoms. The van der Waals surface area contributed by atoms with Crippen LogP contribution in [0.3, 0.4) is 0 Å². The molecule has 1 aliphatic heterocycles. The van der Waals surface area contributed by atoms with Crippen LogP contribution in [0.5, 0.6) is 0 Å². The summed E-state index contributed by atoms with van der Waals surface area (Å²) in [4.78, 5) is -0.800. The molecule has 1 fully saturated rings. The minimum absolute atomic E-state index is 0.367. The molecule has 0 bridgehead atoms. The van der Waals surface area contributed by atoms with Crippen LogP contribution in [0.4, 0.5) is 4.39 Å². The average Bonchev–Trinajstić information content (AvgIpc) is 2.71. The third-order valence-corrected chi connectivity index (χ3v) is 5.23. The maximum atomic E-state index is 13.9. The van der Waals surface area contributed by atoms with E-state index in [-0.39, 0.29) is 4.91 Å². The monoisotopic (exact) mass is 308 g/mol. The molecule has 0 radical (unpaired) electrons. The molecule has 21 heavy (non-hydrogen) atoms. The summed E-state index contributed by atoms with van der Waals surface area (Å²) in [6, 6.07) is 5.62. The van der Waals surface area contributed by atoms with Crippen molar-refractivity contribution in [3.63, 3.8) is 0 Å². The van der Waals surface area contributed by atoms with Crippen LogP contribution in [-0.4, -0.2) is 15.0 Å². The number of nitrogens with zero attached hydrogens (tertiary/aromatic N) is 1. The first-order chi connectivity index (χ1) is 9.96. The lowest BCUT2D eigenvalue weighted by molar-refractivity contribution is 0.570. The molecule has 6 heteroatoms. The SMILES string of the molecule is Cc1ccc(F)c(S(=O)(=O)C(C#N)=C2CCCCCN2)c1. The van der Waals surface area contributed by atoms with Gasteiger partial charge in [-0.15, -0.1) is 0 Å². The lowest BCUT2D eigenvalue weighted by Gasteiger charge is -2.11. The number of sulfone groups is 1. The zero-order chi connectivity index (χ0) is 15.5. The summed E-state index contributed by atoms with van der Waals surface area (Å²) in [7, 11) is -4.14. The van der Waals surface area contributed by atoms with E-state index in [1.54, 1.807) is 13.0 Å². The Kier molecular flexibility index (Phi) is 4.63. The summed E-state index contributed by atoms with van der Waals surface area (Å²) < 4.78 is 39.1. The molecule has 112 valence electrons. The number of allylic oxidation sites excluding steroid dienone is 2. The molecule has 1 N–H and O–H groups in total.